The molecule has 0 amide bonds. The molecule has 0 heterocycles. The summed E-state index contributed by atoms with van der Waals surface area (Å²) < 4.78 is 1.04. The zero-order valence-corrected chi connectivity index (χ0v) is 11.3. The van der Waals surface area contributed by atoms with Gasteiger partial charge in [-0.2, -0.15) is 0 Å². The highest BCUT2D eigenvalue weighted by Gasteiger charge is 2.23. The molecule has 2 heteroatoms. The molecular weight excluding hydrogens is 276 g/mol. The zero-order valence-electron chi connectivity index (χ0n) is 9.73. The maximum absolute atomic E-state index is 10.5. The lowest BCUT2D eigenvalue weighted by atomic mass is 9.89. The van der Waals surface area contributed by atoms with Gasteiger partial charge in [-0.25, -0.2) is 0 Å². The molecule has 0 spiro atoms. The molecule has 2 aromatic carbocycles. The maximum Gasteiger partial charge on any atom is 0.0908 e. The van der Waals surface area contributed by atoms with Crippen molar-refractivity contribution in [3.8, 4) is 0 Å². The lowest BCUT2D eigenvalue weighted by Crippen LogP contribution is -2.24. The van der Waals surface area contributed by atoms with Crippen LogP contribution in [0.1, 0.15) is 18.1 Å². The van der Waals surface area contributed by atoms with E-state index in [1.165, 1.54) is 0 Å². The van der Waals surface area contributed by atoms with E-state index < -0.39 is 5.60 Å². The van der Waals surface area contributed by atoms with Crippen molar-refractivity contribution in [3.63, 3.8) is 0 Å². The van der Waals surface area contributed by atoms with E-state index in [-0.39, 0.29) is 0 Å². The van der Waals surface area contributed by atoms with Crippen LogP contribution in [-0.4, -0.2) is 5.11 Å². The molecule has 0 bridgehead atoms. The number of benzene rings is 2. The quantitative estimate of drug-likeness (QED) is 0.909. The number of hydrogen-bond donors (Lipinski definition) is 1. The van der Waals surface area contributed by atoms with Crippen molar-refractivity contribution in [2.45, 2.75) is 18.9 Å². The van der Waals surface area contributed by atoms with Crippen LogP contribution in [0.5, 0.6) is 0 Å². The molecule has 17 heavy (non-hydrogen) atoms. The number of halogens is 1. The molecule has 0 saturated carbocycles. The van der Waals surface area contributed by atoms with Crippen molar-refractivity contribution < 1.29 is 5.11 Å². The summed E-state index contributed by atoms with van der Waals surface area (Å²) in [6.07, 6.45) is 0.608. The molecule has 0 aliphatic rings. The highest BCUT2D eigenvalue weighted by atomic mass is 79.9. The fraction of sp³-hybridized carbons (Fsp3) is 0.200. The van der Waals surface area contributed by atoms with Gasteiger partial charge in [0, 0.05) is 10.9 Å². The Morgan fingerprint density at radius 2 is 1.76 bits per heavy atom. The van der Waals surface area contributed by atoms with Gasteiger partial charge in [-0.1, -0.05) is 58.4 Å². The van der Waals surface area contributed by atoms with Crippen molar-refractivity contribution in [1.82, 2.24) is 0 Å². The Bertz CT molecular complexity index is 491. The third-order valence-electron chi connectivity index (χ3n) is 2.83. The molecule has 1 nitrogen and oxygen atoms in total. The second-order valence-electron chi connectivity index (χ2n) is 4.45. The molecule has 0 aliphatic heterocycles. The first-order chi connectivity index (χ1) is 8.08. The molecule has 2 rings (SSSR count). The lowest BCUT2D eigenvalue weighted by Gasteiger charge is -2.24. The van der Waals surface area contributed by atoms with Gasteiger partial charge in [-0.3, -0.25) is 0 Å². The Kier molecular flexibility index (Phi) is 3.65. The Labute approximate surface area is 110 Å². The van der Waals surface area contributed by atoms with Crippen molar-refractivity contribution in [2.75, 3.05) is 0 Å². The van der Waals surface area contributed by atoms with Gasteiger partial charge >= 0.3 is 0 Å². The summed E-state index contributed by atoms with van der Waals surface area (Å²) in [6.45, 7) is 1.85. The monoisotopic (exact) mass is 290 g/mol. The summed E-state index contributed by atoms with van der Waals surface area (Å²) in [6, 6.07) is 17.8. The molecule has 2 aromatic rings. The van der Waals surface area contributed by atoms with E-state index >= 15 is 0 Å². The van der Waals surface area contributed by atoms with E-state index in [0.29, 0.717) is 6.42 Å². The number of aliphatic hydroxyl groups is 1. The molecule has 0 aliphatic carbocycles. The van der Waals surface area contributed by atoms with E-state index in [0.717, 1.165) is 15.6 Å². The molecule has 0 aromatic heterocycles. The third-order valence-corrected chi connectivity index (χ3v) is 3.33. The van der Waals surface area contributed by atoms with Crippen LogP contribution >= 0.6 is 15.9 Å². The van der Waals surface area contributed by atoms with Gasteiger partial charge in [0.1, 0.15) is 0 Å². The molecule has 0 saturated heterocycles. The fourth-order valence-corrected chi connectivity index (χ4v) is 2.39. The predicted molar refractivity (Wildman–Crippen MR) is 73.9 cm³/mol. The van der Waals surface area contributed by atoms with E-state index in [1.54, 1.807) is 0 Å². The summed E-state index contributed by atoms with van der Waals surface area (Å²) in [7, 11) is 0. The topological polar surface area (TPSA) is 20.2 Å². The van der Waals surface area contributed by atoms with Crippen LogP contribution in [0.15, 0.2) is 59.1 Å². The van der Waals surface area contributed by atoms with Gasteiger partial charge in [0.15, 0.2) is 0 Å². The Morgan fingerprint density at radius 1 is 1.06 bits per heavy atom. The average Bonchev–Trinajstić information content (AvgIpc) is 2.29. The van der Waals surface area contributed by atoms with Crippen LogP contribution in [0.2, 0.25) is 0 Å². The van der Waals surface area contributed by atoms with Crippen LogP contribution in [0, 0.1) is 0 Å². The van der Waals surface area contributed by atoms with E-state index in [1.807, 2.05) is 61.5 Å². The van der Waals surface area contributed by atoms with Crippen molar-refractivity contribution >= 4 is 15.9 Å². The Hall–Kier alpha value is -1.12. The van der Waals surface area contributed by atoms with Gasteiger partial charge in [0.05, 0.1) is 5.60 Å². The smallest absolute Gasteiger partial charge is 0.0908 e. The molecule has 0 fully saturated rings. The van der Waals surface area contributed by atoms with Crippen molar-refractivity contribution in [1.29, 1.82) is 0 Å². The average molecular weight is 291 g/mol. The normalized spacial score (nSPS) is 14.3. The Balaban J connectivity index is 2.23. The molecular formula is C15H15BrO. The van der Waals surface area contributed by atoms with Crippen LogP contribution < -0.4 is 0 Å². The van der Waals surface area contributed by atoms with E-state index in [9.17, 15) is 5.11 Å². The predicted octanol–water partition coefficient (Wildman–Crippen LogP) is 3.90. The number of rotatable bonds is 3. The number of hydrogen-bond acceptors (Lipinski definition) is 1. The standard InChI is InChI=1S/C15H15BrO/c1-15(17,13-7-3-2-4-8-13)11-12-6-5-9-14(16)10-12/h2-10,17H,11H2,1H3/t15-/m1/s1. The third kappa shape index (κ3) is 3.18. The van der Waals surface area contributed by atoms with Crippen LogP contribution in [0.25, 0.3) is 0 Å². The zero-order chi connectivity index (χ0) is 12.3. The van der Waals surface area contributed by atoms with Gasteiger partial charge < -0.3 is 5.11 Å². The van der Waals surface area contributed by atoms with Gasteiger partial charge in [0.2, 0.25) is 0 Å². The minimum absolute atomic E-state index is 0.608. The molecule has 0 unspecified atom stereocenters. The highest BCUT2D eigenvalue weighted by Crippen LogP contribution is 2.26. The molecule has 1 N–H and O–H groups in total. The summed E-state index contributed by atoms with van der Waals surface area (Å²) in [5, 5.41) is 10.5. The van der Waals surface area contributed by atoms with Crippen molar-refractivity contribution in [2.24, 2.45) is 0 Å². The fourth-order valence-electron chi connectivity index (χ4n) is 1.94. The van der Waals surface area contributed by atoms with Gasteiger partial charge in [0.25, 0.3) is 0 Å². The minimum Gasteiger partial charge on any atom is -0.385 e. The highest BCUT2D eigenvalue weighted by molar-refractivity contribution is 9.10. The first kappa shape index (κ1) is 12.3. The summed E-state index contributed by atoms with van der Waals surface area (Å²) >= 11 is 3.44. The molecule has 88 valence electrons. The SMILES string of the molecule is C[C@@](O)(Cc1cccc(Br)c1)c1ccccc1. The summed E-state index contributed by atoms with van der Waals surface area (Å²) in [4.78, 5) is 0. The van der Waals surface area contributed by atoms with E-state index in [4.69, 9.17) is 0 Å². The summed E-state index contributed by atoms with van der Waals surface area (Å²) in [5.74, 6) is 0. The molecule has 1 atom stereocenters. The minimum atomic E-state index is -0.831. The summed E-state index contributed by atoms with van der Waals surface area (Å²) in [5.41, 5.74) is 1.23. The molecule has 0 radical (unpaired) electrons. The lowest BCUT2D eigenvalue weighted by molar-refractivity contribution is 0.0576. The second-order valence-corrected chi connectivity index (χ2v) is 5.36. The Morgan fingerprint density at radius 3 is 2.41 bits per heavy atom. The van der Waals surface area contributed by atoms with Gasteiger partial charge in [-0.15, -0.1) is 0 Å². The second kappa shape index (κ2) is 5.03. The van der Waals surface area contributed by atoms with Gasteiger partial charge in [-0.05, 0) is 30.2 Å². The van der Waals surface area contributed by atoms with Crippen LogP contribution in [0.3, 0.4) is 0 Å². The van der Waals surface area contributed by atoms with E-state index in [2.05, 4.69) is 15.9 Å². The maximum atomic E-state index is 10.5. The van der Waals surface area contributed by atoms with Crippen LogP contribution in [-0.2, 0) is 12.0 Å². The largest absolute Gasteiger partial charge is 0.385 e. The van der Waals surface area contributed by atoms with Crippen molar-refractivity contribution in [3.05, 3.63) is 70.2 Å². The first-order valence-corrected chi connectivity index (χ1v) is 6.39. The first-order valence-electron chi connectivity index (χ1n) is 5.60. The van der Waals surface area contributed by atoms with Crippen LogP contribution in [0.4, 0.5) is 0 Å².